The first-order valence-corrected chi connectivity index (χ1v) is 6.58. The van der Waals surface area contributed by atoms with Crippen LogP contribution < -0.4 is 4.74 Å². The van der Waals surface area contributed by atoms with Crippen LogP contribution in [0.3, 0.4) is 0 Å². The highest BCUT2D eigenvalue weighted by Crippen LogP contribution is 2.23. The second-order valence-electron chi connectivity index (χ2n) is 4.81. The summed E-state index contributed by atoms with van der Waals surface area (Å²) in [7, 11) is 1.45. The molecule has 1 aromatic heterocycles. The van der Waals surface area contributed by atoms with Crippen molar-refractivity contribution in [3.05, 3.63) is 65.6 Å². The van der Waals surface area contributed by atoms with Gasteiger partial charge in [0.25, 0.3) is 0 Å². The summed E-state index contributed by atoms with van der Waals surface area (Å²) in [6.45, 7) is 0.410. The van der Waals surface area contributed by atoms with E-state index in [0.29, 0.717) is 17.7 Å². The maximum Gasteiger partial charge on any atom is 0.170 e. The molecule has 0 spiro atoms. The molecule has 0 amide bonds. The normalized spacial score (nSPS) is 10.8. The molecule has 0 aliphatic carbocycles. The molecule has 0 saturated carbocycles. The Morgan fingerprint density at radius 2 is 2.10 bits per heavy atom. The molecule has 0 bridgehead atoms. The van der Waals surface area contributed by atoms with Crippen molar-refractivity contribution in [3.63, 3.8) is 0 Å². The van der Waals surface area contributed by atoms with Gasteiger partial charge in [-0.05, 0) is 30.3 Å². The highest BCUT2D eigenvalue weighted by atomic mass is 19.1. The van der Waals surface area contributed by atoms with E-state index in [4.69, 9.17) is 4.74 Å². The van der Waals surface area contributed by atoms with Crippen molar-refractivity contribution in [1.82, 2.24) is 4.57 Å². The van der Waals surface area contributed by atoms with Crippen LogP contribution in [0.4, 0.5) is 4.39 Å². The van der Waals surface area contributed by atoms with Gasteiger partial charge in [-0.2, -0.15) is 0 Å². The Kier molecular flexibility index (Phi) is 3.44. The van der Waals surface area contributed by atoms with Gasteiger partial charge in [0.05, 0.1) is 13.7 Å². The van der Waals surface area contributed by atoms with Crippen LogP contribution in [-0.4, -0.2) is 18.0 Å². The van der Waals surface area contributed by atoms with E-state index in [1.54, 1.807) is 24.3 Å². The molecule has 1 heterocycles. The van der Waals surface area contributed by atoms with Crippen molar-refractivity contribution >= 4 is 17.2 Å². The molecule has 3 rings (SSSR count). The maximum atomic E-state index is 14.2. The van der Waals surface area contributed by atoms with Gasteiger partial charge in [0.2, 0.25) is 0 Å². The van der Waals surface area contributed by atoms with Crippen LogP contribution in [0.2, 0.25) is 0 Å². The summed E-state index contributed by atoms with van der Waals surface area (Å²) in [6.07, 6.45) is 2.71. The average Bonchev–Trinajstić information content (AvgIpc) is 2.91. The fourth-order valence-electron chi connectivity index (χ4n) is 2.45. The van der Waals surface area contributed by atoms with Gasteiger partial charge in [0.1, 0.15) is 6.29 Å². The SMILES string of the molecule is COc1cccc(Cn2ccc3cc(C=O)ccc32)c1F. The summed E-state index contributed by atoms with van der Waals surface area (Å²) in [5.41, 5.74) is 2.15. The molecule has 0 aliphatic heterocycles. The van der Waals surface area contributed by atoms with Crippen molar-refractivity contribution < 1.29 is 13.9 Å². The predicted molar refractivity (Wildman–Crippen MR) is 79.4 cm³/mol. The molecule has 3 aromatic rings. The number of nitrogens with zero attached hydrogens (tertiary/aromatic N) is 1. The van der Waals surface area contributed by atoms with Crippen LogP contribution >= 0.6 is 0 Å². The number of ether oxygens (including phenoxy) is 1. The van der Waals surface area contributed by atoms with E-state index in [1.165, 1.54) is 7.11 Å². The first-order chi connectivity index (χ1) is 10.2. The van der Waals surface area contributed by atoms with E-state index in [1.807, 2.05) is 29.0 Å². The minimum atomic E-state index is -0.341. The summed E-state index contributed by atoms with van der Waals surface area (Å²) >= 11 is 0. The zero-order valence-corrected chi connectivity index (χ0v) is 11.5. The molecule has 0 fully saturated rings. The number of hydrogen-bond donors (Lipinski definition) is 0. The summed E-state index contributed by atoms with van der Waals surface area (Å²) < 4.78 is 21.1. The number of fused-ring (bicyclic) bond motifs is 1. The van der Waals surface area contributed by atoms with Gasteiger partial charge < -0.3 is 9.30 Å². The van der Waals surface area contributed by atoms with E-state index in [-0.39, 0.29) is 11.6 Å². The summed E-state index contributed by atoms with van der Waals surface area (Å²) in [5.74, 6) is -0.0986. The topological polar surface area (TPSA) is 31.2 Å². The largest absolute Gasteiger partial charge is 0.494 e. The lowest BCUT2D eigenvalue weighted by Crippen LogP contribution is -2.02. The Morgan fingerprint density at radius 1 is 1.24 bits per heavy atom. The Balaban J connectivity index is 2.00. The smallest absolute Gasteiger partial charge is 0.170 e. The molecule has 0 unspecified atom stereocenters. The number of halogens is 1. The first-order valence-electron chi connectivity index (χ1n) is 6.58. The molecule has 0 saturated heterocycles. The van der Waals surface area contributed by atoms with Crippen molar-refractivity contribution in [3.8, 4) is 5.75 Å². The molecule has 0 atom stereocenters. The quantitative estimate of drug-likeness (QED) is 0.684. The predicted octanol–water partition coefficient (Wildman–Crippen LogP) is 3.65. The summed E-state index contributed by atoms with van der Waals surface area (Å²) in [6, 6.07) is 12.5. The fraction of sp³-hybridized carbons (Fsp3) is 0.118. The monoisotopic (exact) mass is 283 g/mol. The van der Waals surface area contributed by atoms with Crippen LogP contribution in [0.1, 0.15) is 15.9 Å². The number of rotatable bonds is 4. The molecule has 21 heavy (non-hydrogen) atoms. The standard InChI is InChI=1S/C17H14FNO2/c1-21-16-4-2-3-14(17(16)18)10-19-8-7-13-9-12(11-20)5-6-15(13)19/h2-9,11H,10H2,1H3. The average molecular weight is 283 g/mol. The molecule has 0 N–H and O–H groups in total. The van der Waals surface area contributed by atoms with Crippen LogP contribution in [-0.2, 0) is 6.54 Å². The van der Waals surface area contributed by atoms with Crippen LogP contribution in [0.25, 0.3) is 10.9 Å². The minimum Gasteiger partial charge on any atom is -0.494 e. The number of hydrogen-bond acceptors (Lipinski definition) is 2. The highest BCUT2D eigenvalue weighted by molar-refractivity contribution is 5.87. The third-order valence-electron chi connectivity index (χ3n) is 3.54. The molecule has 4 heteroatoms. The maximum absolute atomic E-state index is 14.2. The van der Waals surface area contributed by atoms with Gasteiger partial charge >= 0.3 is 0 Å². The second-order valence-corrected chi connectivity index (χ2v) is 4.81. The minimum absolute atomic E-state index is 0.243. The van der Waals surface area contributed by atoms with Crippen LogP contribution in [0.15, 0.2) is 48.7 Å². The lowest BCUT2D eigenvalue weighted by Gasteiger charge is -2.09. The number of aromatic nitrogens is 1. The second kappa shape index (κ2) is 5.40. The number of carbonyl (C=O) groups excluding carboxylic acids is 1. The van der Waals surface area contributed by atoms with Gasteiger partial charge in [-0.15, -0.1) is 0 Å². The van der Waals surface area contributed by atoms with Gasteiger partial charge in [-0.25, -0.2) is 4.39 Å². The van der Waals surface area contributed by atoms with Crippen LogP contribution in [0.5, 0.6) is 5.75 Å². The molecule has 2 aromatic carbocycles. The Labute approximate surface area is 121 Å². The number of carbonyl (C=O) groups is 1. The van der Waals surface area contributed by atoms with E-state index in [2.05, 4.69) is 0 Å². The Hall–Kier alpha value is -2.62. The number of aldehydes is 1. The van der Waals surface area contributed by atoms with Gasteiger partial charge in [-0.3, -0.25) is 4.79 Å². The van der Waals surface area contributed by atoms with Crippen molar-refractivity contribution in [2.75, 3.05) is 7.11 Å². The molecule has 0 aliphatic rings. The summed E-state index contributed by atoms with van der Waals surface area (Å²) in [4.78, 5) is 10.8. The third kappa shape index (κ3) is 2.40. The molecular formula is C17H14FNO2. The number of benzene rings is 2. The summed E-state index contributed by atoms with van der Waals surface area (Å²) in [5, 5.41) is 0.961. The first kappa shape index (κ1) is 13.4. The highest BCUT2D eigenvalue weighted by Gasteiger charge is 2.10. The zero-order valence-electron chi connectivity index (χ0n) is 11.5. The van der Waals surface area contributed by atoms with E-state index >= 15 is 0 Å². The van der Waals surface area contributed by atoms with Crippen molar-refractivity contribution in [2.45, 2.75) is 6.54 Å². The zero-order chi connectivity index (χ0) is 14.8. The van der Waals surface area contributed by atoms with E-state index < -0.39 is 0 Å². The molecule has 3 nitrogen and oxygen atoms in total. The van der Waals surface area contributed by atoms with Gasteiger partial charge in [0.15, 0.2) is 11.6 Å². The molecular weight excluding hydrogens is 269 g/mol. The van der Waals surface area contributed by atoms with Crippen LogP contribution in [0, 0.1) is 5.82 Å². The third-order valence-corrected chi connectivity index (χ3v) is 3.54. The van der Waals surface area contributed by atoms with E-state index in [0.717, 1.165) is 17.2 Å². The lowest BCUT2D eigenvalue weighted by molar-refractivity contribution is 0.112. The van der Waals surface area contributed by atoms with E-state index in [9.17, 15) is 9.18 Å². The Morgan fingerprint density at radius 3 is 2.86 bits per heavy atom. The molecule has 106 valence electrons. The number of methoxy groups -OCH3 is 1. The Bertz CT molecular complexity index is 808. The van der Waals surface area contributed by atoms with Gasteiger partial charge in [0, 0.05) is 28.2 Å². The molecule has 0 radical (unpaired) electrons. The van der Waals surface area contributed by atoms with Crippen molar-refractivity contribution in [2.24, 2.45) is 0 Å². The lowest BCUT2D eigenvalue weighted by atomic mass is 10.1. The van der Waals surface area contributed by atoms with Gasteiger partial charge in [-0.1, -0.05) is 12.1 Å². The fourth-order valence-corrected chi connectivity index (χ4v) is 2.45. The van der Waals surface area contributed by atoms with Crippen molar-refractivity contribution in [1.29, 1.82) is 0 Å².